The van der Waals surface area contributed by atoms with Crippen molar-refractivity contribution in [2.24, 2.45) is 4.99 Å². The van der Waals surface area contributed by atoms with E-state index in [1.807, 2.05) is 21.9 Å². The van der Waals surface area contributed by atoms with Crippen LogP contribution in [0.3, 0.4) is 0 Å². The molecule has 0 aromatic carbocycles. The second-order valence-corrected chi connectivity index (χ2v) is 8.35. The molecule has 2 aromatic rings. The molecule has 9 nitrogen and oxygen atoms in total. The van der Waals surface area contributed by atoms with E-state index in [4.69, 9.17) is 4.98 Å². The van der Waals surface area contributed by atoms with Crippen LogP contribution < -0.4 is 10.6 Å². The Hall–Kier alpha value is -3.75. The quantitative estimate of drug-likeness (QED) is 0.541. The van der Waals surface area contributed by atoms with Gasteiger partial charge in [-0.05, 0) is 43.5 Å². The summed E-state index contributed by atoms with van der Waals surface area (Å²) in [5, 5.41) is 6.32. The van der Waals surface area contributed by atoms with Crippen LogP contribution in [0, 0.1) is 0 Å². The maximum atomic E-state index is 12.7. The minimum Gasteiger partial charge on any atom is -0.338 e. The number of nitrogens with zero attached hydrogens (tertiary/aromatic N) is 5. The van der Waals surface area contributed by atoms with Crippen molar-refractivity contribution in [3.63, 3.8) is 0 Å². The third kappa shape index (κ3) is 4.57. The largest absolute Gasteiger partial charge is 0.338 e. The summed E-state index contributed by atoms with van der Waals surface area (Å²) in [5.41, 5.74) is 2.31. The van der Waals surface area contributed by atoms with E-state index in [9.17, 15) is 9.59 Å². The number of aromatic nitrogens is 2. The molecule has 0 spiro atoms. The number of amides is 2. The van der Waals surface area contributed by atoms with Gasteiger partial charge >= 0.3 is 6.03 Å². The van der Waals surface area contributed by atoms with Crippen LogP contribution in [0.25, 0.3) is 0 Å². The Bertz CT molecular complexity index is 1110. The summed E-state index contributed by atoms with van der Waals surface area (Å²) in [6.07, 6.45) is 8.75. The van der Waals surface area contributed by atoms with Crippen LogP contribution in [-0.2, 0) is 6.42 Å². The topological polar surface area (TPSA) is 103 Å². The number of hydrogen-bond acceptors (Lipinski definition) is 7. The monoisotopic (exact) mass is 445 g/mol. The summed E-state index contributed by atoms with van der Waals surface area (Å²) >= 11 is 0. The van der Waals surface area contributed by atoms with E-state index in [0.717, 1.165) is 43.0 Å². The lowest BCUT2D eigenvalue weighted by atomic mass is 10.1. The first-order valence-corrected chi connectivity index (χ1v) is 11.5. The molecule has 2 amide bonds. The van der Waals surface area contributed by atoms with Crippen molar-refractivity contribution in [2.75, 3.05) is 38.0 Å². The molecule has 5 rings (SSSR count). The summed E-state index contributed by atoms with van der Waals surface area (Å²) in [6.45, 7) is 3.56. The van der Waals surface area contributed by atoms with Gasteiger partial charge in [0, 0.05) is 62.3 Å². The van der Waals surface area contributed by atoms with Crippen molar-refractivity contribution in [3.8, 4) is 0 Å². The van der Waals surface area contributed by atoms with Crippen LogP contribution in [0.1, 0.15) is 40.9 Å². The number of nitrogens with one attached hydrogen (secondary N) is 2. The van der Waals surface area contributed by atoms with Crippen LogP contribution in [0.4, 0.5) is 10.6 Å². The maximum Gasteiger partial charge on any atom is 0.317 e. The van der Waals surface area contributed by atoms with Gasteiger partial charge in [-0.15, -0.1) is 0 Å². The number of likely N-dealkylation sites (tertiary alicyclic amines) is 1. The highest BCUT2D eigenvalue weighted by Gasteiger charge is 2.31. The number of urea groups is 1. The van der Waals surface area contributed by atoms with Crippen LogP contribution in [0.2, 0.25) is 0 Å². The second-order valence-electron chi connectivity index (χ2n) is 8.35. The molecule has 3 aliphatic heterocycles. The number of amidine groups is 1. The zero-order valence-corrected chi connectivity index (χ0v) is 18.5. The number of fused-ring (bicyclic) bond motifs is 3. The molecule has 0 aliphatic carbocycles. The fourth-order valence-corrected chi connectivity index (χ4v) is 4.35. The smallest absolute Gasteiger partial charge is 0.317 e. The first-order valence-electron chi connectivity index (χ1n) is 11.5. The molecular formula is C24H27N7O2. The normalized spacial score (nSPS) is 18.3. The minimum atomic E-state index is -0.128. The number of aliphatic imine (C=N–C) groups is 1. The molecule has 3 aliphatic rings. The van der Waals surface area contributed by atoms with Gasteiger partial charge in [-0.2, -0.15) is 0 Å². The van der Waals surface area contributed by atoms with Crippen molar-refractivity contribution < 1.29 is 9.59 Å². The molecule has 0 atom stereocenters. The predicted octanol–water partition coefficient (Wildman–Crippen LogP) is 2.43. The van der Waals surface area contributed by atoms with Crippen LogP contribution in [0.15, 0.2) is 53.5 Å². The number of piperidine rings is 1. The highest BCUT2D eigenvalue weighted by molar-refractivity contribution is 6.09. The van der Waals surface area contributed by atoms with Crippen LogP contribution in [-0.4, -0.2) is 70.1 Å². The minimum absolute atomic E-state index is 0.000807. The average molecular weight is 446 g/mol. The Morgan fingerprint density at radius 2 is 2.00 bits per heavy atom. The van der Waals surface area contributed by atoms with Gasteiger partial charge < -0.3 is 20.4 Å². The molecule has 0 unspecified atom stereocenters. The Morgan fingerprint density at radius 3 is 2.82 bits per heavy atom. The summed E-state index contributed by atoms with van der Waals surface area (Å²) < 4.78 is 0. The van der Waals surface area contributed by atoms with Gasteiger partial charge in [-0.25, -0.2) is 9.78 Å². The second kappa shape index (κ2) is 9.40. The fraction of sp³-hybridized carbons (Fsp3) is 0.375. The van der Waals surface area contributed by atoms with Gasteiger partial charge in [-0.1, -0.05) is 0 Å². The number of carbonyl (C=O) groups excluding carboxylic acids is 2. The molecular weight excluding hydrogens is 418 g/mol. The molecule has 0 radical (unpaired) electrons. The predicted molar refractivity (Wildman–Crippen MR) is 125 cm³/mol. The van der Waals surface area contributed by atoms with Gasteiger partial charge in [0.1, 0.15) is 17.5 Å². The van der Waals surface area contributed by atoms with E-state index >= 15 is 0 Å². The van der Waals surface area contributed by atoms with Gasteiger partial charge in [0.25, 0.3) is 0 Å². The van der Waals surface area contributed by atoms with Gasteiger partial charge in [0.15, 0.2) is 5.78 Å². The van der Waals surface area contributed by atoms with Crippen molar-refractivity contribution in [1.82, 2.24) is 25.1 Å². The van der Waals surface area contributed by atoms with Gasteiger partial charge in [-0.3, -0.25) is 14.8 Å². The Morgan fingerprint density at radius 1 is 1.12 bits per heavy atom. The van der Waals surface area contributed by atoms with E-state index in [2.05, 4.69) is 20.6 Å². The molecule has 0 saturated carbocycles. The number of ketones is 1. The lowest BCUT2D eigenvalue weighted by Crippen LogP contribution is -2.43. The number of hydrogen-bond donors (Lipinski definition) is 2. The summed E-state index contributed by atoms with van der Waals surface area (Å²) in [4.78, 5) is 42.4. The number of carbonyl (C=O) groups is 2. The Labute approximate surface area is 192 Å². The molecule has 9 heteroatoms. The molecule has 33 heavy (non-hydrogen) atoms. The molecule has 2 aromatic heterocycles. The SMILES string of the molecule is O=C(/C=C1\Nc2nc(CCNC(=O)N3CCCCC3)ccc2C2=NCCN21)c1cccnc1. The first kappa shape index (κ1) is 21.1. The molecule has 1 fully saturated rings. The highest BCUT2D eigenvalue weighted by atomic mass is 16.2. The number of anilines is 1. The van der Waals surface area contributed by atoms with Gasteiger partial charge in [0.05, 0.1) is 12.1 Å². The number of allylic oxidation sites excluding steroid dienone is 1. The van der Waals surface area contributed by atoms with Gasteiger partial charge in [0.2, 0.25) is 0 Å². The van der Waals surface area contributed by atoms with E-state index in [1.54, 1.807) is 30.6 Å². The van der Waals surface area contributed by atoms with Crippen molar-refractivity contribution in [2.45, 2.75) is 25.7 Å². The van der Waals surface area contributed by atoms with Crippen molar-refractivity contribution >= 4 is 23.5 Å². The summed E-state index contributed by atoms with van der Waals surface area (Å²) in [5.74, 6) is 2.04. The number of rotatable bonds is 5. The maximum absolute atomic E-state index is 12.7. The van der Waals surface area contributed by atoms with E-state index in [0.29, 0.717) is 43.3 Å². The molecule has 5 heterocycles. The highest BCUT2D eigenvalue weighted by Crippen LogP contribution is 2.29. The fourth-order valence-electron chi connectivity index (χ4n) is 4.35. The van der Waals surface area contributed by atoms with Crippen molar-refractivity contribution in [1.29, 1.82) is 0 Å². The third-order valence-electron chi connectivity index (χ3n) is 6.09. The summed E-state index contributed by atoms with van der Waals surface area (Å²) in [6, 6.07) is 7.48. The average Bonchev–Trinajstić information content (AvgIpc) is 3.35. The number of pyridine rings is 2. The third-order valence-corrected chi connectivity index (χ3v) is 6.09. The zero-order chi connectivity index (χ0) is 22.6. The van der Waals surface area contributed by atoms with E-state index in [-0.39, 0.29) is 11.8 Å². The van der Waals surface area contributed by atoms with Crippen molar-refractivity contribution in [3.05, 3.63) is 65.4 Å². The zero-order valence-electron chi connectivity index (χ0n) is 18.5. The summed E-state index contributed by atoms with van der Waals surface area (Å²) in [7, 11) is 0. The first-order chi connectivity index (χ1) is 16.2. The van der Waals surface area contributed by atoms with E-state index < -0.39 is 0 Å². The molecule has 2 N–H and O–H groups in total. The Kier molecular flexibility index (Phi) is 6.01. The Balaban J connectivity index is 1.29. The standard InChI is InChI=1S/C24H27N7O2/c32-20(17-5-4-9-25-16-17)15-21-29-22-19(23-26-11-14-31(21)23)7-6-18(28-22)8-10-27-24(33)30-12-2-1-3-13-30/h4-7,9,15-16H,1-3,8,10-14H2,(H,27,33)(H,28,29)/b21-15+. The lowest BCUT2D eigenvalue weighted by molar-refractivity contribution is 0.104. The van der Waals surface area contributed by atoms with Crippen LogP contribution >= 0.6 is 0 Å². The van der Waals surface area contributed by atoms with Crippen LogP contribution in [0.5, 0.6) is 0 Å². The van der Waals surface area contributed by atoms with E-state index in [1.165, 1.54) is 6.42 Å². The molecule has 1 saturated heterocycles. The lowest BCUT2D eigenvalue weighted by Gasteiger charge is -2.30. The molecule has 170 valence electrons. The molecule has 0 bridgehead atoms.